The highest BCUT2D eigenvalue weighted by Gasteiger charge is 2.29. The highest BCUT2D eigenvalue weighted by atomic mass is 32.2. The van der Waals surface area contributed by atoms with Crippen LogP contribution < -0.4 is 4.72 Å². The molecule has 0 saturated carbocycles. The molecule has 0 aliphatic carbocycles. The normalized spacial score (nSPS) is 19.4. The predicted octanol–water partition coefficient (Wildman–Crippen LogP) is 1.43. The van der Waals surface area contributed by atoms with Gasteiger partial charge in [-0.05, 0) is 24.5 Å². The van der Waals surface area contributed by atoms with E-state index < -0.39 is 15.3 Å². The minimum absolute atomic E-state index is 0.288. The number of benzene rings is 1. The Morgan fingerprint density at radius 1 is 1.35 bits per heavy atom. The zero-order chi connectivity index (χ0) is 14.4. The molecule has 1 aliphatic rings. The van der Waals surface area contributed by atoms with Gasteiger partial charge in [-0.25, -0.2) is 13.1 Å². The Hall–Kier alpha value is -0.950. The zero-order valence-corrected chi connectivity index (χ0v) is 12.5. The second-order valence-corrected chi connectivity index (χ2v) is 6.80. The van der Waals surface area contributed by atoms with Gasteiger partial charge in [0.1, 0.15) is 5.25 Å². The van der Waals surface area contributed by atoms with E-state index in [4.69, 9.17) is 9.47 Å². The summed E-state index contributed by atoms with van der Waals surface area (Å²) in [6.45, 7) is 4.18. The molecule has 112 valence electrons. The minimum atomic E-state index is -3.31. The number of rotatable bonds is 7. The van der Waals surface area contributed by atoms with Crippen LogP contribution in [0.5, 0.6) is 0 Å². The fourth-order valence-electron chi connectivity index (χ4n) is 2.14. The average molecular weight is 299 g/mol. The maximum Gasteiger partial charge on any atom is 0.217 e. The van der Waals surface area contributed by atoms with Crippen LogP contribution >= 0.6 is 0 Å². The van der Waals surface area contributed by atoms with E-state index in [0.717, 1.165) is 11.1 Å². The van der Waals surface area contributed by atoms with Crippen LogP contribution in [0.3, 0.4) is 0 Å². The number of hydrogen-bond donors (Lipinski definition) is 1. The number of nitrogens with one attached hydrogen (secondary N) is 1. The first-order chi connectivity index (χ1) is 9.63. The van der Waals surface area contributed by atoms with Crippen molar-refractivity contribution in [2.45, 2.75) is 31.7 Å². The van der Waals surface area contributed by atoms with Crippen LogP contribution in [0.15, 0.2) is 24.3 Å². The molecule has 1 aromatic carbocycles. The molecule has 0 spiro atoms. The Bertz CT molecular complexity index is 524. The molecule has 5 nitrogen and oxygen atoms in total. The van der Waals surface area contributed by atoms with Crippen LogP contribution in [0.4, 0.5) is 0 Å². The van der Waals surface area contributed by atoms with E-state index in [1.807, 2.05) is 31.2 Å². The SMILES string of the molecule is CCOCc1ccccc1CNS(=O)(=O)C1CCOC1. The molecule has 1 atom stereocenters. The molecule has 1 N–H and O–H groups in total. The van der Waals surface area contributed by atoms with Gasteiger partial charge in [0.2, 0.25) is 10.0 Å². The molecule has 1 aromatic rings. The molecule has 6 heteroatoms. The van der Waals surface area contributed by atoms with Crippen molar-refractivity contribution < 1.29 is 17.9 Å². The van der Waals surface area contributed by atoms with E-state index in [0.29, 0.717) is 32.8 Å². The van der Waals surface area contributed by atoms with Gasteiger partial charge >= 0.3 is 0 Å². The van der Waals surface area contributed by atoms with Crippen LogP contribution in [0.2, 0.25) is 0 Å². The Balaban J connectivity index is 1.99. The topological polar surface area (TPSA) is 64.6 Å². The molecule has 2 rings (SSSR count). The standard InChI is InChI=1S/C14H21NO4S/c1-2-18-10-13-6-4-3-5-12(13)9-15-20(16,17)14-7-8-19-11-14/h3-6,14-15H,2,7-11H2,1H3. The summed E-state index contributed by atoms with van der Waals surface area (Å²) in [6.07, 6.45) is 0.565. The predicted molar refractivity (Wildman–Crippen MR) is 76.8 cm³/mol. The van der Waals surface area contributed by atoms with Crippen LogP contribution in [0, 0.1) is 0 Å². The van der Waals surface area contributed by atoms with Crippen molar-refractivity contribution in [1.29, 1.82) is 0 Å². The third-order valence-corrected chi connectivity index (χ3v) is 5.17. The molecular formula is C14H21NO4S. The van der Waals surface area contributed by atoms with Crippen molar-refractivity contribution in [1.82, 2.24) is 4.72 Å². The molecule has 0 radical (unpaired) electrons. The van der Waals surface area contributed by atoms with Crippen molar-refractivity contribution in [3.8, 4) is 0 Å². The zero-order valence-electron chi connectivity index (χ0n) is 11.7. The van der Waals surface area contributed by atoms with Gasteiger partial charge in [-0.3, -0.25) is 0 Å². The van der Waals surface area contributed by atoms with Gasteiger partial charge in [-0.1, -0.05) is 24.3 Å². The maximum absolute atomic E-state index is 12.1. The van der Waals surface area contributed by atoms with Gasteiger partial charge in [-0.2, -0.15) is 0 Å². The molecule has 0 aromatic heterocycles. The third kappa shape index (κ3) is 4.02. The summed E-state index contributed by atoms with van der Waals surface area (Å²) in [6, 6.07) is 7.70. The molecule has 1 saturated heterocycles. The van der Waals surface area contributed by atoms with E-state index in [9.17, 15) is 8.42 Å². The second kappa shape index (κ2) is 7.17. The first-order valence-electron chi connectivity index (χ1n) is 6.84. The van der Waals surface area contributed by atoms with Gasteiger partial charge in [0, 0.05) is 19.8 Å². The molecule has 0 amide bonds. The van der Waals surface area contributed by atoms with Crippen molar-refractivity contribution in [2.75, 3.05) is 19.8 Å². The van der Waals surface area contributed by atoms with Crippen molar-refractivity contribution in [3.05, 3.63) is 35.4 Å². The van der Waals surface area contributed by atoms with Crippen molar-refractivity contribution in [2.24, 2.45) is 0 Å². The lowest BCUT2D eigenvalue weighted by Gasteiger charge is -2.13. The van der Waals surface area contributed by atoms with Gasteiger partial charge in [0.15, 0.2) is 0 Å². The number of hydrogen-bond acceptors (Lipinski definition) is 4. The summed E-state index contributed by atoms with van der Waals surface area (Å²) in [5.74, 6) is 0. The second-order valence-electron chi connectivity index (χ2n) is 4.76. The van der Waals surface area contributed by atoms with E-state index in [-0.39, 0.29) is 6.61 Å². The monoisotopic (exact) mass is 299 g/mol. The largest absolute Gasteiger partial charge is 0.380 e. The smallest absolute Gasteiger partial charge is 0.217 e. The fourth-order valence-corrected chi connectivity index (χ4v) is 3.41. The van der Waals surface area contributed by atoms with Crippen molar-refractivity contribution in [3.63, 3.8) is 0 Å². The van der Waals surface area contributed by atoms with Crippen molar-refractivity contribution >= 4 is 10.0 Å². The maximum atomic E-state index is 12.1. The summed E-state index contributed by atoms with van der Waals surface area (Å²) >= 11 is 0. The first-order valence-corrected chi connectivity index (χ1v) is 8.39. The molecule has 0 bridgehead atoms. The molecule has 1 unspecified atom stereocenters. The lowest BCUT2D eigenvalue weighted by molar-refractivity contribution is 0.133. The van der Waals surface area contributed by atoms with Crippen LogP contribution in [0.25, 0.3) is 0 Å². The summed E-state index contributed by atoms with van der Waals surface area (Å²) in [5, 5.41) is -0.429. The van der Waals surface area contributed by atoms with E-state index in [1.54, 1.807) is 0 Å². The Kier molecular flexibility index (Phi) is 5.54. The fraction of sp³-hybridized carbons (Fsp3) is 0.571. The molecule has 1 heterocycles. The number of sulfonamides is 1. The molecule has 1 fully saturated rings. The third-order valence-electron chi connectivity index (χ3n) is 3.37. The average Bonchev–Trinajstić information content (AvgIpc) is 2.99. The summed E-state index contributed by atoms with van der Waals surface area (Å²) in [4.78, 5) is 0. The minimum Gasteiger partial charge on any atom is -0.380 e. The highest BCUT2D eigenvalue weighted by Crippen LogP contribution is 2.15. The van der Waals surface area contributed by atoms with Crippen LogP contribution in [0.1, 0.15) is 24.5 Å². The van der Waals surface area contributed by atoms with Gasteiger partial charge < -0.3 is 9.47 Å². The van der Waals surface area contributed by atoms with Crippen LogP contribution in [-0.2, 0) is 32.6 Å². The summed E-state index contributed by atoms with van der Waals surface area (Å²) in [5.41, 5.74) is 1.96. The van der Waals surface area contributed by atoms with Gasteiger partial charge in [-0.15, -0.1) is 0 Å². The Labute approximate surface area is 120 Å². The summed E-state index contributed by atoms with van der Waals surface area (Å²) in [7, 11) is -3.31. The van der Waals surface area contributed by atoms with Gasteiger partial charge in [0.25, 0.3) is 0 Å². The Morgan fingerprint density at radius 3 is 2.75 bits per heavy atom. The lowest BCUT2D eigenvalue weighted by atomic mass is 10.1. The van der Waals surface area contributed by atoms with Crippen LogP contribution in [-0.4, -0.2) is 33.5 Å². The van der Waals surface area contributed by atoms with E-state index in [1.165, 1.54) is 0 Å². The molecular weight excluding hydrogens is 278 g/mol. The Morgan fingerprint density at radius 2 is 2.10 bits per heavy atom. The molecule has 1 aliphatic heterocycles. The summed E-state index contributed by atoms with van der Waals surface area (Å²) < 4.78 is 37.4. The van der Waals surface area contributed by atoms with E-state index >= 15 is 0 Å². The lowest BCUT2D eigenvalue weighted by Crippen LogP contribution is -2.34. The van der Waals surface area contributed by atoms with Gasteiger partial charge in [0.05, 0.1) is 13.2 Å². The van der Waals surface area contributed by atoms with E-state index in [2.05, 4.69) is 4.72 Å². The first kappa shape index (κ1) is 15.4. The number of ether oxygens (including phenoxy) is 2. The highest BCUT2D eigenvalue weighted by molar-refractivity contribution is 7.90. The quantitative estimate of drug-likeness (QED) is 0.827. The molecule has 20 heavy (non-hydrogen) atoms.